The summed E-state index contributed by atoms with van der Waals surface area (Å²) in [6.07, 6.45) is 27.2. The number of nitrogens with one attached hydrogen (secondary N) is 1. The molecule has 0 aromatic heterocycles. The highest BCUT2D eigenvalue weighted by Gasteiger charge is 2.44. The third-order valence-corrected chi connectivity index (χ3v) is 12.6. The molecule has 6 rings (SSSR count). The number of anilines is 1. The van der Waals surface area contributed by atoms with Crippen LogP contribution >= 0.6 is 0 Å². The number of hydrogen-bond acceptors (Lipinski definition) is 6. The van der Waals surface area contributed by atoms with E-state index in [1.165, 1.54) is 140 Å². The molecule has 0 saturated heterocycles. The van der Waals surface area contributed by atoms with E-state index in [9.17, 15) is 26.1 Å². The highest BCUT2D eigenvalue weighted by Crippen LogP contribution is 2.45. The topological polar surface area (TPSA) is 124 Å². The summed E-state index contributed by atoms with van der Waals surface area (Å²) >= 11 is 0. The average Bonchev–Trinajstić information content (AvgIpc) is 3.12. The Morgan fingerprint density at radius 1 is 0.588 bits per heavy atom. The van der Waals surface area contributed by atoms with Gasteiger partial charge in [0.2, 0.25) is 0 Å². The number of halogens is 3. The maximum atomic E-state index is 11.3. The summed E-state index contributed by atoms with van der Waals surface area (Å²) in [5.74, 6) is 2.04. The number of para-hydroxylation sites is 1. The van der Waals surface area contributed by atoms with E-state index in [4.69, 9.17) is 13.0 Å². The molecule has 0 atom stereocenters. The maximum absolute atomic E-state index is 11.3. The van der Waals surface area contributed by atoms with Crippen LogP contribution in [0.3, 0.4) is 0 Å². The molecule has 4 fully saturated rings. The van der Waals surface area contributed by atoms with E-state index in [1.807, 2.05) is 12.1 Å². The lowest BCUT2D eigenvalue weighted by Crippen LogP contribution is -2.48. The summed E-state index contributed by atoms with van der Waals surface area (Å²) in [6.45, 7) is 0. The molecule has 0 bridgehead atoms. The fraction of sp³-hybridized carbons (Fsp3) is 0.684. The van der Waals surface area contributed by atoms with Crippen LogP contribution in [-0.2, 0) is 20.2 Å². The summed E-state index contributed by atoms with van der Waals surface area (Å²) < 4.78 is 89.3. The third-order valence-electron chi connectivity index (χ3n) is 11.1. The van der Waals surface area contributed by atoms with Crippen LogP contribution in [-0.4, -0.2) is 48.5 Å². The van der Waals surface area contributed by atoms with Crippen molar-refractivity contribution in [2.75, 3.05) is 5.43 Å². The van der Waals surface area contributed by atoms with Crippen molar-refractivity contribution in [1.82, 2.24) is 5.01 Å². The second-order valence-electron chi connectivity index (χ2n) is 14.8. The van der Waals surface area contributed by atoms with Crippen molar-refractivity contribution in [3.63, 3.8) is 0 Å². The number of alkyl halides is 3. The minimum Gasteiger partial charge on any atom is -0.318 e. The van der Waals surface area contributed by atoms with E-state index in [0.29, 0.717) is 5.92 Å². The molecule has 0 spiro atoms. The van der Waals surface area contributed by atoms with Crippen LogP contribution in [0.5, 0.6) is 0 Å². The van der Waals surface area contributed by atoms with E-state index in [-0.39, 0.29) is 4.90 Å². The fourth-order valence-electron chi connectivity index (χ4n) is 8.64. The second-order valence-corrected chi connectivity index (χ2v) is 17.6. The minimum absolute atomic E-state index is 0.00675. The summed E-state index contributed by atoms with van der Waals surface area (Å²) in [4.78, 5) is 0.00675. The molecular formula is C38H57F3N2O6S2. The van der Waals surface area contributed by atoms with Crippen LogP contribution in [0.4, 0.5) is 18.9 Å². The fourth-order valence-corrected chi connectivity index (χ4v) is 9.12. The molecule has 0 amide bonds. The molecule has 4 aliphatic rings. The summed E-state index contributed by atoms with van der Waals surface area (Å²) in [5, 5.41) is 2.63. The van der Waals surface area contributed by atoms with Crippen molar-refractivity contribution in [2.24, 2.45) is 11.8 Å². The molecule has 0 unspecified atom stereocenters. The Balaban J connectivity index is 0.000000191. The van der Waals surface area contributed by atoms with Crippen LogP contribution in [0.15, 0.2) is 59.5 Å². The van der Waals surface area contributed by atoms with Crippen molar-refractivity contribution in [3.8, 4) is 0 Å². The standard InChI is InChI=1S/C19H28O3S.C18H28N2.CHF3O3S/c20-23(21,22)18-13-11-17(12-14-18)19(15-7-3-1-4-8-15)16-9-5-2-6-10-16;1-4-10-16(11-5-1)19-20(17-12-6-2-7-13-17)18-14-8-3-9-15-18;2-1(3,4)8(5,6)7/h11-16,19H,1-10H2,(H,20,21,22);1,4-5,10-11,17-19H,2-3,6-9,12-15H2;(H,5,6,7). The van der Waals surface area contributed by atoms with E-state index < -0.39 is 25.7 Å². The molecule has 288 valence electrons. The van der Waals surface area contributed by atoms with E-state index in [0.717, 1.165) is 23.9 Å². The van der Waals surface area contributed by atoms with Gasteiger partial charge in [0, 0.05) is 17.8 Å². The zero-order valence-corrected chi connectivity index (χ0v) is 31.3. The first-order valence-corrected chi connectivity index (χ1v) is 21.8. The Kier molecular flexibility index (Phi) is 16.1. The van der Waals surface area contributed by atoms with Crippen molar-refractivity contribution in [3.05, 3.63) is 60.2 Å². The van der Waals surface area contributed by atoms with Crippen molar-refractivity contribution in [1.29, 1.82) is 0 Å². The Labute approximate surface area is 303 Å². The van der Waals surface area contributed by atoms with Crippen molar-refractivity contribution in [2.45, 2.75) is 157 Å². The average molecular weight is 759 g/mol. The van der Waals surface area contributed by atoms with Crippen LogP contribution in [0.2, 0.25) is 0 Å². The Morgan fingerprint density at radius 3 is 1.31 bits per heavy atom. The molecule has 4 aliphatic carbocycles. The highest BCUT2D eigenvalue weighted by molar-refractivity contribution is 7.86. The number of nitrogens with zero attached hydrogens (tertiary/aromatic N) is 1. The maximum Gasteiger partial charge on any atom is 0.522 e. The van der Waals surface area contributed by atoms with Gasteiger partial charge >= 0.3 is 15.6 Å². The quantitative estimate of drug-likeness (QED) is 0.138. The normalized spacial score (nSPS) is 20.6. The molecule has 0 heterocycles. The molecule has 3 N–H and O–H groups in total. The first-order chi connectivity index (χ1) is 24.2. The van der Waals surface area contributed by atoms with E-state index in [1.54, 1.807) is 12.1 Å². The first-order valence-electron chi connectivity index (χ1n) is 19.0. The Bertz CT molecular complexity index is 1460. The molecule has 2 aromatic carbocycles. The summed E-state index contributed by atoms with van der Waals surface area (Å²) in [6, 6.07) is 19.2. The van der Waals surface area contributed by atoms with Gasteiger partial charge in [0.05, 0.1) is 4.90 Å². The largest absolute Gasteiger partial charge is 0.522 e. The van der Waals surface area contributed by atoms with Crippen molar-refractivity contribution >= 4 is 25.9 Å². The van der Waals surface area contributed by atoms with Gasteiger partial charge < -0.3 is 5.43 Å². The lowest BCUT2D eigenvalue weighted by atomic mass is 9.67. The van der Waals surface area contributed by atoms with Crippen LogP contribution < -0.4 is 5.43 Å². The second kappa shape index (κ2) is 19.8. The van der Waals surface area contributed by atoms with Gasteiger partial charge in [-0.05, 0) is 98.9 Å². The zero-order chi connectivity index (χ0) is 36.9. The SMILES string of the molecule is O=S(=O)(O)C(F)(F)F.O=S(=O)(O)c1ccc(C(C2CCCCC2)C2CCCCC2)cc1.c1ccc(NN(C2CCCCC2)C2CCCCC2)cc1. The molecule has 13 heteroatoms. The number of hydrogen-bond donors (Lipinski definition) is 3. The van der Waals surface area contributed by atoms with Gasteiger partial charge in [-0.2, -0.15) is 30.0 Å². The van der Waals surface area contributed by atoms with E-state index >= 15 is 0 Å². The Hall–Kier alpha value is -2.19. The van der Waals surface area contributed by atoms with Gasteiger partial charge in [-0.25, -0.2) is 5.01 Å². The molecule has 2 aromatic rings. The number of rotatable bonds is 8. The van der Waals surface area contributed by atoms with Gasteiger partial charge in [0.25, 0.3) is 10.1 Å². The van der Waals surface area contributed by atoms with Gasteiger partial charge in [0.15, 0.2) is 0 Å². The first kappa shape index (κ1) is 41.6. The smallest absolute Gasteiger partial charge is 0.318 e. The molecule has 0 aliphatic heterocycles. The van der Waals surface area contributed by atoms with Gasteiger partial charge in [-0.3, -0.25) is 9.11 Å². The lowest BCUT2D eigenvalue weighted by Gasteiger charge is -2.42. The molecule has 8 nitrogen and oxygen atoms in total. The van der Waals surface area contributed by atoms with Gasteiger partial charge in [0.1, 0.15) is 0 Å². The summed E-state index contributed by atoms with van der Waals surface area (Å²) in [5.41, 5.74) is 0.745. The Morgan fingerprint density at radius 2 is 0.961 bits per heavy atom. The number of benzene rings is 2. The van der Waals surface area contributed by atoms with Crippen LogP contribution in [0.1, 0.15) is 140 Å². The predicted octanol–water partition coefficient (Wildman–Crippen LogP) is 10.6. The molecule has 4 saturated carbocycles. The zero-order valence-electron chi connectivity index (χ0n) is 29.7. The van der Waals surface area contributed by atoms with Gasteiger partial charge in [-0.15, -0.1) is 0 Å². The van der Waals surface area contributed by atoms with Gasteiger partial charge in [-0.1, -0.05) is 107 Å². The van der Waals surface area contributed by atoms with Crippen LogP contribution in [0, 0.1) is 11.8 Å². The van der Waals surface area contributed by atoms with Crippen LogP contribution in [0.25, 0.3) is 0 Å². The molecular weight excluding hydrogens is 702 g/mol. The lowest BCUT2D eigenvalue weighted by molar-refractivity contribution is -0.0510. The van der Waals surface area contributed by atoms with Crippen molar-refractivity contribution < 1.29 is 39.1 Å². The molecule has 0 radical (unpaired) electrons. The monoisotopic (exact) mass is 758 g/mol. The molecule has 51 heavy (non-hydrogen) atoms. The predicted molar refractivity (Wildman–Crippen MR) is 195 cm³/mol. The third kappa shape index (κ3) is 13.3. The van der Waals surface area contributed by atoms with E-state index in [2.05, 4.69) is 40.8 Å². The highest BCUT2D eigenvalue weighted by atomic mass is 32.2. The minimum atomic E-state index is -5.84. The number of hydrazine groups is 1. The summed E-state index contributed by atoms with van der Waals surface area (Å²) in [7, 11) is -9.94.